The Morgan fingerprint density at radius 3 is 2.78 bits per heavy atom. The molecule has 2 N–H and O–H groups in total. The molecule has 3 unspecified atom stereocenters. The number of fused-ring (bicyclic) bond motifs is 2. The van der Waals surface area contributed by atoms with Gasteiger partial charge in [0.05, 0.1) is 5.69 Å². The number of nitrogens with two attached hydrogens (primary N) is 1. The second-order valence-corrected chi connectivity index (χ2v) is 7.11. The second kappa shape index (κ2) is 5.03. The quantitative estimate of drug-likeness (QED) is 0.865. The Kier molecular flexibility index (Phi) is 3.20. The minimum absolute atomic E-state index is 0.0524. The van der Waals surface area contributed by atoms with Gasteiger partial charge in [-0.1, -0.05) is 0 Å². The van der Waals surface area contributed by atoms with Gasteiger partial charge in [0.1, 0.15) is 5.56 Å². The zero-order valence-electron chi connectivity index (χ0n) is 13.9. The third-order valence-corrected chi connectivity index (χ3v) is 5.48. The highest BCUT2D eigenvalue weighted by Crippen LogP contribution is 2.38. The van der Waals surface area contributed by atoms with E-state index < -0.39 is 0 Å². The van der Waals surface area contributed by atoms with Crippen LogP contribution in [0.5, 0.6) is 0 Å². The number of aromatic nitrogens is 3. The van der Waals surface area contributed by atoms with Crippen molar-refractivity contribution < 1.29 is 4.79 Å². The molecule has 0 radical (unpaired) electrons. The number of likely N-dealkylation sites (tertiary alicyclic amines) is 1. The molecule has 3 atom stereocenters. The summed E-state index contributed by atoms with van der Waals surface area (Å²) in [5.41, 5.74) is 10.2. The predicted molar refractivity (Wildman–Crippen MR) is 87.3 cm³/mol. The SMILES string of the molecule is Cc1cc(C)n2nc(C)c(C(=O)N3CC4CCC(N)C4C3)c2n1. The largest absolute Gasteiger partial charge is 0.338 e. The van der Waals surface area contributed by atoms with Crippen LogP contribution in [-0.2, 0) is 0 Å². The van der Waals surface area contributed by atoms with Gasteiger partial charge in [0.2, 0.25) is 0 Å². The molecule has 2 fully saturated rings. The molecule has 2 aromatic rings. The van der Waals surface area contributed by atoms with E-state index in [9.17, 15) is 4.79 Å². The van der Waals surface area contributed by atoms with E-state index >= 15 is 0 Å². The summed E-state index contributed by atoms with van der Waals surface area (Å²) >= 11 is 0. The van der Waals surface area contributed by atoms with Gasteiger partial charge in [0.25, 0.3) is 5.91 Å². The van der Waals surface area contributed by atoms with Crippen LogP contribution in [0.2, 0.25) is 0 Å². The lowest BCUT2D eigenvalue weighted by molar-refractivity contribution is 0.0780. The minimum Gasteiger partial charge on any atom is -0.338 e. The monoisotopic (exact) mass is 313 g/mol. The van der Waals surface area contributed by atoms with Gasteiger partial charge in [-0.15, -0.1) is 0 Å². The Labute approximate surface area is 135 Å². The van der Waals surface area contributed by atoms with Crippen molar-refractivity contribution in [1.29, 1.82) is 0 Å². The highest BCUT2D eigenvalue weighted by Gasteiger charge is 2.43. The molecule has 0 spiro atoms. The standard InChI is InChI=1S/C17H23N5O/c1-9-6-10(2)22-16(19-9)15(11(3)20-22)17(23)21-7-12-4-5-14(18)13(12)8-21/h6,12-14H,4-5,7-8,18H2,1-3H3. The molecule has 2 aliphatic rings. The maximum atomic E-state index is 13.1. The summed E-state index contributed by atoms with van der Waals surface area (Å²) < 4.78 is 1.78. The van der Waals surface area contributed by atoms with E-state index in [0.29, 0.717) is 23.0 Å². The first kappa shape index (κ1) is 14.6. The van der Waals surface area contributed by atoms with E-state index in [-0.39, 0.29) is 11.9 Å². The summed E-state index contributed by atoms with van der Waals surface area (Å²) in [6.45, 7) is 7.41. The fraction of sp³-hybridized carbons (Fsp3) is 0.588. The van der Waals surface area contributed by atoms with Crippen LogP contribution >= 0.6 is 0 Å². The molecule has 1 amide bonds. The molecule has 1 aliphatic carbocycles. The number of aryl methyl sites for hydroxylation is 3. The van der Waals surface area contributed by atoms with Crippen molar-refractivity contribution >= 4 is 11.6 Å². The maximum absolute atomic E-state index is 13.1. The third kappa shape index (κ3) is 2.16. The lowest BCUT2D eigenvalue weighted by atomic mass is 9.98. The van der Waals surface area contributed by atoms with Crippen molar-refractivity contribution in [3.05, 3.63) is 28.7 Å². The van der Waals surface area contributed by atoms with Crippen LogP contribution in [-0.4, -0.2) is 44.5 Å². The van der Waals surface area contributed by atoms with Crippen molar-refractivity contribution in [2.75, 3.05) is 13.1 Å². The van der Waals surface area contributed by atoms with Gasteiger partial charge in [0.15, 0.2) is 5.65 Å². The zero-order chi connectivity index (χ0) is 16.3. The summed E-state index contributed by atoms with van der Waals surface area (Å²) in [5.74, 6) is 1.07. The van der Waals surface area contributed by atoms with Crippen molar-refractivity contribution in [1.82, 2.24) is 19.5 Å². The fourth-order valence-electron chi connectivity index (χ4n) is 4.31. The van der Waals surface area contributed by atoms with Crippen LogP contribution in [0.15, 0.2) is 6.07 Å². The zero-order valence-corrected chi connectivity index (χ0v) is 13.9. The summed E-state index contributed by atoms with van der Waals surface area (Å²) in [4.78, 5) is 19.6. The Morgan fingerprint density at radius 2 is 2.04 bits per heavy atom. The van der Waals surface area contributed by atoms with E-state index in [1.165, 1.54) is 0 Å². The first-order valence-corrected chi connectivity index (χ1v) is 8.34. The lowest BCUT2D eigenvalue weighted by Crippen LogP contribution is -2.33. The molecule has 122 valence electrons. The maximum Gasteiger partial charge on any atom is 0.259 e. The minimum atomic E-state index is 0.0524. The number of nitrogens with zero attached hydrogens (tertiary/aromatic N) is 4. The molecule has 6 nitrogen and oxygen atoms in total. The van der Waals surface area contributed by atoms with E-state index in [4.69, 9.17) is 5.73 Å². The first-order chi connectivity index (χ1) is 11.0. The number of hydrogen-bond acceptors (Lipinski definition) is 4. The van der Waals surface area contributed by atoms with Crippen molar-refractivity contribution in [3.63, 3.8) is 0 Å². The fourth-order valence-corrected chi connectivity index (χ4v) is 4.31. The van der Waals surface area contributed by atoms with Gasteiger partial charge in [-0.2, -0.15) is 5.10 Å². The average molecular weight is 313 g/mol. The number of rotatable bonds is 1. The molecule has 0 aromatic carbocycles. The molecular weight excluding hydrogens is 290 g/mol. The molecule has 1 saturated carbocycles. The molecule has 1 saturated heterocycles. The summed E-state index contributed by atoms with van der Waals surface area (Å²) in [7, 11) is 0. The lowest BCUT2D eigenvalue weighted by Gasteiger charge is -2.18. The van der Waals surface area contributed by atoms with Crippen molar-refractivity contribution in [2.45, 2.75) is 39.7 Å². The highest BCUT2D eigenvalue weighted by atomic mass is 16.2. The predicted octanol–water partition coefficient (Wildman–Crippen LogP) is 1.46. The molecule has 0 bridgehead atoms. The van der Waals surface area contributed by atoms with Crippen LogP contribution in [0, 0.1) is 32.6 Å². The van der Waals surface area contributed by atoms with E-state index in [2.05, 4.69) is 10.1 Å². The average Bonchev–Trinajstić information content (AvgIpc) is 3.13. The van der Waals surface area contributed by atoms with E-state index in [1.54, 1.807) is 4.52 Å². The molecule has 4 rings (SSSR count). The molecule has 2 aromatic heterocycles. The molecule has 23 heavy (non-hydrogen) atoms. The highest BCUT2D eigenvalue weighted by molar-refractivity contribution is 6.01. The van der Waals surface area contributed by atoms with Crippen LogP contribution < -0.4 is 5.73 Å². The number of carbonyl (C=O) groups excluding carboxylic acids is 1. The van der Waals surface area contributed by atoms with E-state index in [1.807, 2.05) is 31.7 Å². The van der Waals surface area contributed by atoms with Crippen LogP contribution in [0.25, 0.3) is 5.65 Å². The van der Waals surface area contributed by atoms with Crippen molar-refractivity contribution in [2.24, 2.45) is 17.6 Å². The van der Waals surface area contributed by atoms with Gasteiger partial charge in [-0.25, -0.2) is 9.50 Å². The summed E-state index contributed by atoms with van der Waals surface area (Å²) in [6.07, 6.45) is 2.23. The van der Waals surface area contributed by atoms with Gasteiger partial charge in [-0.05, 0) is 51.5 Å². The number of amides is 1. The van der Waals surface area contributed by atoms with Crippen molar-refractivity contribution in [3.8, 4) is 0 Å². The Hall–Kier alpha value is -1.95. The van der Waals surface area contributed by atoms with Gasteiger partial charge >= 0.3 is 0 Å². The topological polar surface area (TPSA) is 76.5 Å². The van der Waals surface area contributed by atoms with Crippen LogP contribution in [0.3, 0.4) is 0 Å². The molecule has 6 heteroatoms. The molecule has 3 heterocycles. The third-order valence-electron chi connectivity index (χ3n) is 5.48. The number of carbonyl (C=O) groups is 1. The van der Waals surface area contributed by atoms with E-state index in [0.717, 1.165) is 43.0 Å². The normalized spacial score (nSPS) is 27.0. The summed E-state index contributed by atoms with van der Waals surface area (Å²) in [6, 6.07) is 2.22. The molecular formula is C17H23N5O. The summed E-state index contributed by atoms with van der Waals surface area (Å²) in [5, 5.41) is 4.52. The second-order valence-electron chi connectivity index (χ2n) is 7.11. The Morgan fingerprint density at radius 1 is 1.26 bits per heavy atom. The van der Waals surface area contributed by atoms with Gasteiger partial charge in [0, 0.05) is 30.5 Å². The van der Waals surface area contributed by atoms with Crippen LogP contribution in [0.1, 0.15) is 40.3 Å². The first-order valence-electron chi connectivity index (χ1n) is 8.34. The Bertz CT molecular complexity index is 796. The number of hydrogen-bond donors (Lipinski definition) is 1. The smallest absolute Gasteiger partial charge is 0.259 e. The Balaban J connectivity index is 1.72. The van der Waals surface area contributed by atoms with Gasteiger partial charge in [-0.3, -0.25) is 4.79 Å². The molecule has 1 aliphatic heterocycles. The van der Waals surface area contributed by atoms with Crippen LogP contribution in [0.4, 0.5) is 0 Å². The van der Waals surface area contributed by atoms with Gasteiger partial charge < -0.3 is 10.6 Å².